The summed E-state index contributed by atoms with van der Waals surface area (Å²) in [5, 5.41) is 0.0854. The molecule has 2 N–H and O–H groups in total. The van der Waals surface area contributed by atoms with Crippen molar-refractivity contribution in [3.05, 3.63) is 74.5 Å². The molecule has 3 aliphatic rings. The number of nitrogens with two attached hydrogens (primary N) is 1. The summed E-state index contributed by atoms with van der Waals surface area (Å²) < 4.78 is 40.0. The van der Waals surface area contributed by atoms with Crippen LogP contribution in [-0.4, -0.2) is 35.7 Å². The maximum absolute atomic E-state index is 13.4. The molecule has 38 heavy (non-hydrogen) atoms. The minimum absolute atomic E-state index is 0.0493. The molecule has 0 aliphatic carbocycles. The molecule has 2 aromatic heterocycles. The number of carbonyl (C=O) groups excluding carboxylic acids is 1. The highest BCUT2D eigenvalue weighted by Gasteiger charge is 2.40. The third kappa shape index (κ3) is 3.26. The van der Waals surface area contributed by atoms with E-state index in [1.807, 2.05) is 0 Å². The first kappa shape index (κ1) is 22.1. The van der Waals surface area contributed by atoms with Crippen LogP contribution < -0.4 is 41.2 Å². The van der Waals surface area contributed by atoms with Gasteiger partial charge < -0.3 is 38.3 Å². The lowest BCUT2D eigenvalue weighted by Gasteiger charge is -2.22. The summed E-state index contributed by atoms with van der Waals surface area (Å²) in [6.45, 7) is 1.98. The van der Waals surface area contributed by atoms with Crippen molar-refractivity contribution in [2.75, 3.05) is 25.9 Å². The molecule has 12 heteroatoms. The van der Waals surface area contributed by atoms with Gasteiger partial charge in [0, 0.05) is 0 Å². The van der Waals surface area contributed by atoms with E-state index >= 15 is 0 Å². The Balaban J connectivity index is 1.52. The second kappa shape index (κ2) is 8.20. The lowest BCUT2D eigenvalue weighted by molar-refractivity contribution is -0.136. The normalized spacial score (nSPS) is 16.9. The Kier molecular flexibility index (Phi) is 4.77. The van der Waals surface area contributed by atoms with Gasteiger partial charge in [0.05, 0.1) is 12.5 Å². The van der Waals surface area contributed by atoms with Crippen molar-refractivity contribution in [3.8, 4) is 28.9 Å². The fraction of sp³-hybridized carbons (Fsp3) is 0.192. The summed E-state index contributed by atoms with van der Waals surface area (Å²) in [6, 6.07) is 10.3. The molecule has 12 nitrogen and oxygen atoms in total. The summed E-state index contributed by atoms with van der Waals surface area (Å²) in [4.78, 5) is 31.0. The number of esters is 1. The zero-order valence-electron chi connectivity index (χ0n) is 19.9. The van der Waals surface area contributed by atoms with Gasteiger partial charge in [0.2, 0.25) is 25.0 Å². The number of hydrogen-bond acceptors (Lipinski definition) is 11. The molecule has 5 heterocycles. The van der Waals surface area contributed by atoms with E-state index in [4.69, 9.17) is 38.3 Å². The van der Waals surface area contributed by atoms with E-state index < -0.39 is 17.5 Å². The van der Waals surface area contributed by atoms with Gasteiger partial charge in [-0.3, -0.25) is 0 Å². The lowest BCUT2D eigenvalue weighted by atomic mass is 9.86. The average Bonchev–Trinajstić information content (AvgIpc) is 3.69. The maximum atomic E-state index is 13.4. The zero-order chi connectivity index (χ0) is 26.0. The molecule has 192 valence electrons. The SMILES string of the molecule is CCOC(=O)C1=c2oc(=O)/c(=C\c3ccc4c(c3)OCO4)n2-c2oc(N)nc2[C@@H]1c1ccc2c(c1)OCO2. The summed E-state index contributed by atoms with van der Waals surface area (Å²) in [7, 11) is 0. The summed E-state index contributed by atoms with van der Waals surface area (Å²) in [5.41, 5.74) is 6.85. The number of nitrogen functional groups attached to an aromatic ring is 1. The first-order chi connectivity index (χ1) is 18.5. The maximum Gasteiger partial charge on any atom is 0.362 e. The smallest absolute Gasteiger partial charge is 0.362 e. The highest BCUT2D eigenvalue weighted by atomic mass is 16.7. The number of oxazole rings is 2. The first-order valence-corrected chi connectivity index (χ1v) is 11.7. The van der Waals surface area contributed by atoms with Crippen molar-refractivity contribution in [2.24, 2.45) is 0 Å². The van der Waals surface area contributed by atoms with Crippen LogP contribution in [0.3, 0.4) is 0 Å². The first-order valence-electron chi connectivity index (χ1n) is 11.7. The number of benzene rings is 2. The van der Waals surface area contributed by atoms with Gasteiger partial charge in [-0.05, 0) is 48.4 Å². The van der Waals surface area contributed by atoms with Crippen molar-refractivity contribution < 1.29 is 37.3 Å². The molecule has 2 aromatic carbocycles. The fourth-order valence-corrected chi connectivity index (χ4v) is 4.83. The largest absolute Gasteiger partial charge is 0.462 e. The Bertz CT molecular complexity index is 1810. The van der Waals surface area contributed by atoms with Crippen LogP contribution in [0.15, 0.2) is 50.0 Å². The molecule has 0 fully saturated rings. The summed E-state index contributed by atoms with van der Waals surface area (Å²) in [6.07, 6.45) is 1.59. The van der Waals surface area contributed by atoms with E-state index in [2.05, 4.69) is 4.98 Å². The molecule has 7 rings (SSSR count). The predicted octanol–water partition coefficient (Wildman–Crippen LogP) is 1.15. The molecule has 0 unspecified atom stereocenters. The molecular formula is C26H19N3O9. The number of ether oxygens (including phenoxy) is 5. The van der Waals surface area contributed by atoms with Gasteiger partial charge >= 0.3 is 11.6 Å². The number of nitrogens with zero attached hydrogens (tertiary/aromatic N) is 2. The van der Waals surface area contributed by atoms with Gasteiger partial charge in [-0.1, -0.05) is 12.1 Å². The monoisotopic (exact) mass is 517 g/mol. The molecule has 4 aromatic rings. The van der Waals surface area contributed by atoms with E-state index in [9.17, 15) is 9.59 Å². The Morgan fingerprint density at radius 2 is 1.76 bits per heavy atom. The molecular weight excluding hydrogens is 498 g/mol. The number of rotatable bonds is 4. The molecule has 0 spiro atoms. The third-order valence-corrected chi connectivity index (χ3v) is 6.41. The standard InChI is InChI=1S/C26H19N3O9/c1-2-32-25(31)20-19(13-4-6-16-18(9-13)36-11-34-16)21-23(38-26(27)28-21)29-14(24(30)37-22(20)29)7-12-3-5-15-17(8-12)35-10-33-15/h3-9,19H,2,10-11H2,1H3,(H2,27,28)/b14-7+/t19-/m1/s1. The molecule has 1 atom stereocenters. The number of hydrogen-bond donors (Lipinski definition) is 1. The minimum Gasteiger partial charge on any atom is -0.462 e. The predicted molar refractivity (Wildman–Crippen MR) is 129 cm³/mol. The van der Waals surface area contributed by atoms with Crippen LogP contribution in [0, 0.1) is 0 Å². The van der Waals surface area contributed by atoms with Crippen molar-refractivity contribution in [1.82, 2.24) is 9.55 Å². The average molecular weight is 517 g/mol. The van der Waals surface area contributed by atoms with Crippen molar-refractivity contribution in [2.45, 2.75) is 12.8 Å². The van der Waals surface area contributed by atoms with Crippen LogP contribution >= 0.6 is 0 Å². The number of aromatic nitrogens is 2. The lowest BCUT2D eigenvalue weighted by Crippen LogP contribution is -2.37. The Morgan fingerprint density at radius 3 is 2.53 bits per heavy atom. The van der Waals surface area contributed by atoms with Crippen molar-refractivity contribution in [3.63, 3.8) is 0 Å². The Hall–Kier alpha value is -5.13. The van der Waals surface area contributed by atoms with Crippen LogP contribution in [-0.2, 0) is 9.53 Å². The molecule has 0 radical (unpaired) electrons. The topological polar surface area (TPSA) is 150 Å². The van der Waals surface area contributed by atoms with Gasteiger partial charge in [0.25, 0.3) is 6.01 Å². The number of carbonyl (C=O) groups is 1. The zero-order valence-corrected chi connectivity index (χ0v) is 19.9. The molecule has 0 saturated carbocycles. The van der Waals surface area contributed by atoms with Gasteiger partial charge in [0.1, 0.15) is 16.6 Å². The van der Waals surface area contributed by atoms with Crippen LogP contribution in [0.2, 0.25) is 0 Å². The second-order valence-electron chi connectivity index (χ2n) is 8.59. The van der Waals surface area contributed by atoms with E-state index in [0.29, 0.717) is 39.8 Å². The minimum atomic E-state index is -0.830. The van der Waals surface area contributed by atoms with Crippen LogP contribution in [0.25, 0.3) is 17.5 Å². The summed E-state index contributed by atoms with van der Waals surface area (Å²) >= 11 is 0. The van der Waals surface area contributed by atoms with Crippen molar-refractivity contribution >= 4 is 23.6 Å². The summed E-state index contributed by atoms with van der Waals surface area (Å²) in [5.74, 6) is 0.843. The van der Waals surface area contributed by atoms with Gasteiger partial charge in [-0.15, -0.1) is 0 Å². The van der Waals surface area contributed by atoms with E-state index in [0.717, 1.165) is 0 Å². The highest BCUT2D eigenvalue weighted by molar-refractivity contribution is 6.12. The molecule has 0 amide bonds. The van der Waals surface area contributed by atoms with Gasteiger partial charge in [-0.2, -0.15) is 4.98 Å². The highest BCUT2D eigenvalue weighted by Crippen LogP contribution is 2.42. The van der Waals surface area contributed by atoms with Gasteiger partial charge in [0.15, 0.2) is 23.0 Å². The number of anilines is 1. The Morgan fingerprint density at radius 1 is 1.05 bits per heavy atom. The van der Waals surface area contributed by atoms with E-state index in [-0.39, 0.29) is 48.6 Å². The Labute approximate surface area is 213 Å². The van der Waals surface area contributed by atoms with E-state index in [1.54, 1.807) is 49.4 Å². The second-order valence-corrected chi connectivity index (χ2v) is 8.59. The van der Waals surface area contributed by atoms with Crippen molar-refractivity contribution in [1.29, 1.82) is 0 Å². The molecule has 3 aliphatic heterocycles. The van der Waals surface area contributed by atoms with E-state index in [1.165, 1.54) is 4.57 Å². The van der Waals surface area contributed by atoms with Gasteiger partial charge in [-0.25, -0.2) is 14.2 Å². The third-order valence-electron chi connectivity index (χ3n) is 6.41. The molecule has 0 saturated heterocycles. The van der Waals surface area contributed by atoms with Crippen LogP contribution in [0.1, 0.15) is 29.7 Å². The number of fused-ring (bicyclic) bond motifs is 5. The quantitative estimate of drug-likeness (QED) is 0.388. The van der Waals surface area contributed by atoms with Crippen LogP contribution in [0.4, 0.5) is 6.01 Å². The fourth-order valence-electron chi connectivity index (χ4n) is 4.83. The van der Waals surface area contributed by atoms with Crippen LogP contribution in [0.5, 0.6) is 23.0 Å². The molecule has 0 bridgehead atoms.